The summed E-state index contributed by atoms with van der Waals surface area (Å²) in [6.45, 7) is 21.0. The van der Waals surface area contributed by atoms with Crippen molar-refractivity contribution in [2.75, 3.05) is 13.7 Å². The predicted octanol–water partition coefficient (Wildman–Crippen LogP) is 12.5. The molecule has 7 rings (SSSR count). The summed E-state index contributed by atoms with van der Waals surface area (Å²) in [6, 6.07) is 0. The Morgan fingerprint density at radius 1 is 0.803 bits per heavy atom. The van der Waals surface area contributed by atoms with E-state index >= 15 is 0 Å². The monoisotopic (exact) mass is 909 g/mol. The van der Waals surface area contributed by atoms with Crippen molar-refractivity contribution in [1.82, 2.24) is 9.97 Å². The van der Waals surface area contributed by atoms with Crippen LogP contribution in [0.25, 0.3) is 34.4 Å². The van der Waals surface area contributed by atoms with Gasteiger partial charge in [0.25, 0.3) is 0 Å². The molecule has 0 spiro atoms. The largest absolute Gasteiger partial charge is 2.00 e. The minimum atomic E-state index is -1.24. The van der Waals surface area contributed by atoms with E-state index in [1.54, 1.807) is 6.92 Å². The van der Waals surface area contributed by atoms with E-state index in [0.717, 1.165) is 53.5 Å². The third-order valence-corrected chi connectivity index (χ3v) is 15.3. The molecular formula is C55H72MgN4O6-2. The minimum Gasteiger partial charge on any atom is -0.664 e. The molecule has 11 heteroatoms. The van der Waals surface area contributed by atoms with Crippen LogP contribution in [0.5, 0.6) is 0 Å². The van der Waals surface area contributed by atoms with Crippen molar-refractivity contribution in [1.29, 1.82) is 0 Å². The molecule has 8 atom stereocenters. The van der Waals surface area contributed by atoms with Crippen LogP contribution in [-0.4, -0.2) is 60.3 Å². The van der Waals surface area contributed by atoms with Crippen LogP contribution in [0.1, 0.15) is 187 Å². The van der Waals surface area contributed by atoms with Gasteiger partial charge in [0.1, 0.15) is 12.5 Å². The molecule has 5 aliphatic rings. The van der Waals surface area contributed by atoms with Crippen LogP contribution in [0, 0.1) is 67.1 Å². The van der Waals surface area contributed by atoms with Crippen LogP contribution in [-0.2, 0) is 19.1 Å². The molecule has 0 aromatic carbocycles. The molecule has 2 saturated heterocycles. The van der Waals surface area contributed by atoms with Crippen molar-refractivity contribution in [2.24, 2.45) is 53.3 Å². The standard InChI is InChI=1S/C55H74N4O6.Mg/c1-12-39-32(6)41-28-46-48(36(10)60)34(8)43(57-46)26-42-33(7)40(52(58-42)50-51(55(63)64-11)54(62)49-35(9)44(59-53(49)50)27-45(39)56-41)21-22-47(61)65-24-23-31(5)19-20-38-25-37(38)18-14-17-30(4)16-13-15-29(2)3;/h23,26-30,32-33,37-40,51H,12-22,24-25H2,1-11H3,(H2-2,56,57,58,59,60,62);/q-2;+2/p-2/b31-23-,42-26-,45-27-;/t30-,32-,33+,37+,38?,39-,40+,51-;/m1./s1. The van der Waals surface area contributed by atoms with Gasteiger partial charge in [-0.15, -0.1) is 22.8 Å². The molecule has 10 nitrogen and oxygen atoms in total. The van der Waals surface area contributed by atoms with Gasteiger partial charge < -0.3 is 30.1 Å². The summed E-state index contributed by atoms with van der Waals surface area (Å²) in [5, 5.41) is 10.3. The maximum absolute atomic E-state index is 14.4. The summed E-state index contributed by atoms with van der Waals surface area (Å²) in [6.07, 6.45) is 20.8. The molecule has 3 fully saturated rings. The van der Waals surface area contributed by atoms with Crippen molar-refractivity contribution in [3.05, 3.63) is 90.1 Å². The van der Waals surface area contributed by atoms with Gasteiger partial charge in [-0.2, -0.15) is 22.8 Å². The normalized spacial score (nSPS) is 28.1. The van der Waals surface area contributed by atoms with Gasteiger partial charge in [-0.1, -0.05) is 127 Å². The zero-order valence-corrected chi connectivity index (χ0v) is 43.1. The summed E-state index contributed by atoms with van der Waals surface area (Å²) in [5.41, 5.74) is 9.16. The quantitative estimate of drug-likeness (QED) is 0.0446. The smallest absolute Gasteiger partial charge is 0.664 e. The molecule has 352 valence electrons. The summed E-state index contributed by atoms with van der Waals surface area (Å²) in [7, 11) is 1.28. The van der Waals surface area contributed by atoms with Crippen molar-refractivity contribution < 1.29 is 28.7 Å². The molecule has 2 aliphatic carbocycles. The van der Waals surface area contributed by atoms with Crippen LogP contribution >= 0.6 is 0 Å². The topological polar surface area (TPSA) is 143 Å². The number of ketones is 2. The van der Waals surface area contributed by atoms with Crippen molar-refractivity contribution in [3.63, 3.8) is 0 Å². The van der Waals surface area contributed by atoms with E-state index in [1.165, 1.54) is 64.0 Å². The van der Waals surface area contributed by atoms with E-state index in [-0.39, 0.29) is 77.3 Å². The first kappa shape index (κ1) is 51.3. The van der Waals surface area contributed by atoms with Crippen LogP contribution in [0.15, 0.2) is 34.4 Å². The minimum absolute atomic E-state index is 0. The molecule has 3 aliphatic heterocycles. The van der Waals surface area contributed by atoms with E-state index in [2.05, 4.69) is 41.5 Å². The number of methoxy groups -OCH3 is 1. The predicted molar refractivity (Wildman–Crippen MR) is 264 cm³/mol. The molecule has 66 heavy (non-hydrogen) atoms. The Hall–Kier alpha value is -4.09. The maximum atomic E-state index is 14.4. The molecule has 1 saturated carbocycles. The molecule has 8 bridgehead atoms. The maximum Gasteiger partial charge on any atom is 2.00 e. The average Bonchev–Trinajstić information content (AvgIpc) is 3.40. The van der Waals surface area contributed by atoms with Gasteiger partial charge in [-0.3, -0.25) is 19.2 Å². The summed E-state index contributed by atoms with van der Waals surface area (Å²) >= 11 is 0. The Kier molecular flexibility index (Phi) is 17.0. The molecule has 2 aromatic rings. The van der Waals surface area contributed by atoms with Gasteiger partial charge in [-0.25, -0.2) is 0 Å². The SMILES string of the molecule is CC[C@H]1/C2=C/c3[n-]c4c(c3C)C(=O)[C@H](C(=O)OC)/C4=C3/[N-]/C(=C\c4[n-]c(c(C(C)=O)c4C)/C=C(\[N-]2)[C@@H]1C)[C@@H](C)[C@@H]3CCC(=O)OC/C=C(/C)CCC1C[C@@H]1CCC[C@H](C)CCCC(C)C.[Mg+2]. The van der Waals surface area contributed by atoms with Crippen molar-refractivity contribution in [2.45, 2.75) is 146 Å². The van der Waals surface area contributed by atoms with Crippen LogP contribution in [0.4, 0.5) is 0 Å². The van der Waals surface area contributed by atoms with Crippen molar-refractivity contribution >= 4 is 70.4 Å². The first-order chi connectivity index (χ1) is 31.0. The third kappa shape index (κ3) is 10.9. The number of ether oxygens (including phenoxy) is 2. The number of rotatable bonds is 19. The van der Waals surface area contributed by atoms with E-state index in [9.17, 15) is 19.2 Å². The van der Waals surface area contributed by atoms with Gasteiger partial charge >= 0.3 is 35.0 Å². The second-order valence-electron chi connectivity index (χ2n) is 20.5. The second-order valence-corrected chi connectivity index (χ2v) is 20.5. The van der Waals surface area contributed by atoms with E-state index in [4.69, 9.17) is 30.1 Å². The van der Waals surface area contributed by atoms with Gasteiger partial charge in [-0.05, 0) is 107 Å². The molecule has 1 unspecified atom stereocenters. The first-order valence-corrected chi connectivity index (χ1v) is 24.6. The van der Waals surface area contributed by atoms with Gasteiger partial charge in [0, 0.05) is 17.5 Å². The van der Waals surface area contributed by atoms with E-state index in [1.807, 2.05) is 45.1 Å². The average molecular weight is 910 g/mol. The number of fused-ring (bicyclic) bond motifs is 7. The molecule has 0 radical (unpaired) electrons. The number of carbonyl (C=O) groups excluding carboxylic acids is 4. The number of esters is 2. The molecule has 0 N–H and O–H groups in total. The van der Waals surface area contributed by atoms with E-state index in [0.29, 0.717) is 62.9 Å². The van der Waals surface area contributed by atoms with Gasteiger partial charge in [0.2, 0.25) is 0 Å². The Labute approximate surface area is 410 Å². The van der Waals surface area contributed by atoms with Crippen molar-refractivity contribution in [3.8, 4) is 0 Å². The van der Waals surface area contributed by atoms with Gasteiger partial charge in [0.05, 0.1) is 7.11 Å². The number of allylic oxidation sites excluding steroid dienone is 5. The van der Waals surface area contributed by atoms with Crippen LogP contribution in [0.3, 0.4) is 0 Å². The Bertz CT molecular complexity index is 2340. The molecule has 0 amide bonds. The number of hydrogen-bond donors (Lipinski definition) is 0. The van der Waals surface area contributed by atoms with Crippen LogP contribution < -0.4 is 9.97 Å². The molecule has 2 aromatic heterocycles. The number of hydrogen-bond acceptors (Lipinski definition) is 6. The third-order valence-electron chi connectivity index (χ3n) is 15.3. The summed E-state index contributed by atoms with van der Waals surface area (Å²) < 4.78 is 11.1. The Morgan fingerprint density at radius 2 is 1.45 bits per heavy atom. The zero-order valence-electron chi connectivity index (χ0n) is 41.6. The van der Waals surface area contributed by atoms with Gasteiger partial charge in [0.15, 0.2) is 11.6 Å². The molecule has 5 heterocycles. The number of Topliss-reactive ketones (excluding diaryl/α,β-unsaturated/α-hetero) is 2. The first-order valence-electron chi connectivity index (χ1n) is 24.6. The fraction of sp³-hybridized carbons (Fsp3) is 0.600. The fourth-order valence-corrected chi connectivity index (χ4v) is 11.1. The number of carbonyl (C=O) groups is 4. The zero-order chi connectivity index (χ0) is 46.9. The number of nitrogens with zero attached hydrogens (tertiary/aromatic N) is 4. The molecular weight excluding hydrogens is 837 g/mol. The Morgan fingerprint density at radius 3 is 2.15 bits per heavy atom. The van der Waals surface area contributed by atoms with Crippen LogP contribution in [0.2, 0.25) is 0 Å². The summed E-state index contributed by atoms with van der Waals surface area (Å²) in [5.74, 6) is 0.169. The second kappa shape index (κ2) is 21.9. The number of aromatic nitrogens is 2. The Balaban J connectivity index is 0.00000720. The summed E-state index contributed by atoms with van der Waals surface area (Å²) in [4.78, 5) is 64.7. The fourth-order valence-electron chi connectivity index (χ4n) is 11.1. The van der Waals surface area contributed by atoms with E-state index < -0.39 is 11.9 Å².